The van der Waals surface area contributed by atoms with Crippen molar-refractivity contribution in [2.24, 2.45) is 0 Å². The van der Waals surface area contributed by atoms with Crippen LogP contribution >= 0.6 is 0 Å². The first kappa shape index (κ1) is 25.6. The van der Waals surface area contributed by atoms with Gasteiger partial charge in [-0.3, -0.25) is 0 Å². The third-order valence-corrected chi connectivity index (χ3v) is 6.91. The fourth-order valence-electron chi connectivity index (χ4n) is 4.87. The first-order valence-corrected chi connectivity index (χ1v) is 12.8. The zero-order valence-electron chi connectivity index (χ0n) is 22.9. The van der Waals surface area contributed by atoms with E-state index >= 15 is 0 Å². The van der Waals surface area contributed by atoms with Crippen molar-refractivity contribution in [2.45, 2.75) is 19.9 Å². The molecule has 2 aromatic carbocycles. The summed E-state index contributed by atoms with van der Waals surface area (Å²) >= 11 is 0. The van der Waals surface area contributed by atoms with Gasteiger partial charge in [0.2, 0.25) is 5.75 Å². The van der Waals surface area contributed by atoms with Crippen LogP contribution in [0, 0.1) is 0 Å². The molecule has 0 atom stereocenters. The molecule has 1 N–H and O–H groups in total. The van der Waals surface area contributed by atoms with Gasteiger partial charge in [-0.2, -0.15) is 0 Å². The number of imidazole rings is 1. The highest BCUT2D eigenvalue weighted by atomic mass is 16.5. The van der Waals surface area contributed by atoms with Crippen LogP contribution in [0.5, 0.6) is 17.2 Å². The van der Waals surface area contributed by atoms with E-state index in [4.69, 9.17) is 19.2 Å². The summed E-state index contributed by atoms with van der Waals surface area (Å²) in [6, 6.07) is 12.5. The van der Waals surface area contributed by atoms with E-state index in [1.54, 1.807) is 27.7 Å². The van der Waals surface area contributed by atoms with Crippen LogP contribution in [0.25, 0.3) is 22.6 Å². The van der Waals surface area contributed by atoms with Crippen LogP contribution in [0.4, 0.5) is 17.2 Å². The number of anilines is 3. The van der Waals surface area contributed by atoms with E-state index in [0.717, 1.165) is 48.9 Å². The van der Waals surface area contributed by atoms with Gasteiger partial charge in [-0.05, 0) is 45.2 Å². The molecule has 38 heavy (non-hydrogen) atoms. The molecule has 1 aliphatic heterocycles. The molecule has 3 heterocycles. The van der Waals surface area contributed by atoms with Crippen LogP contribution in [-0.4, -0.2) is 79.0 Å². The predicted octanol–water partition coefficient (Wildman–Crippen LogP) is 4.60. The smallest absolute Gasteiger partial charge is 0.203 e. The molecule has 1 fully saturated rings. The molecule has 0 saturated carbocycles. The first-order valence-electron chi connectivity index (χ1n) is 12.8. The molecule has 200 valence electrons. The second kappa shape index (κ2) is 10.7. The Bertz CT molecular complexity index is 1390. The van der Waals surface area contributed by atoms with E-state index in [1.807, 2.05) is 12.1 Å². The highest BCUT2D eigenvalue weighted by molar-refractivity contribution is 5.89. The minimum absolute atomic E-state index is 0.149. The predicted molar refractivity (Wildman–Crippen MR) is 150 cm³/mol. The van der Waals surface area contributed by atoms with Crippen molar-refractivity contribution in [1.82, 2.24) is 24.4 Å². The normalized spacial score (nSPS) is 14.2. The SMILES string of the molecule is COc1cc(Nc2ncnc3c2nc(-c2ccc(N4CCN(C)CC4)cc2)n3C(C)C)cc(OC)c1OC. The number of hydrogen-bond donors (Lipinski definition) is 1. The van der Waals surface area contributed by atoms with Gasteiger partial charge in [0.05, 0.1) is 21.3 Å². The monoisotopic (exact) mass is 517 g/mol. The zero-order chi connectivity index (χ0) is 26.8. The van der Waals surface area contributed by atoms with Gasteiger partial charge < -0.3 is 33.9 Å². The van der Waals surface area contributed by atoms with Crippen LogP contribution in [0.15, 0.2) is 42.7 Å². The molecule has 2 aromatic heterocycles. The Morgan fingerprint density at radius 2 is 1.53 bits per heavy atom. The number of nitrogens with zero attached hydrogens (tertiary/aromatic N) is 6. The van der Waals surface area contributed by atoms with Gasteiger partial charge in [-0.15, -0.1) is 0 Å². The summed E-state index contributed by atoms with van der Waals surface area (Å²) in [5.41, 5.74) is 4.46. The number of fused-ring (bicyclic) bond motifs is 1. The number of piperazine rings is 1. The van der Waals surface area contributed by atoms with Crippen LogP contribution < -0.4 is 24.4 Å². The van der Waals surface area contributed by atoms with Gasteiger partial charge >= 0.3 is 0 Å². The molecule has 10 heteroatoms. The summed E-state index contributed by atoms with van der Waals surface area (Å²) < 4.78 is 18.6. The Labute approximate surface area is 223 Å². The van der Waals surface area contributed by atoms with Gasteiger partial charge in [0.25, 0.3) is 0 Å². The molecule has 0 bridgehead atoms. The van der Waals surface area contributed by atoms with Crippen molar-refractivity contribution in [3.63, 3.8) is 0 Å². The molecule has 0 unspecified atom stereocenters. The van der Waals surface area contributed by atoms with E-state index < -0.39 is 0 Å². The zero-order valence-corrected chi connectivity index (χ0v) is 22.9. The molecule has 1 saturated heterocycles. The number of aromatic nitrogens is 4. The van der Waals surface area contributed by atoms with Crippen molar-refractivity contribution in [3.05, 3.63) is 42.7 Å². The van der Waals surface area contributed by atoms with Crippen molar-refractivity contribution < 1.29 is 14.2 Å². The van der Waals surface area contributed by atoms with Crippen LogP contribution in [-0.2, 0) is 0 Å². The third kappa shape index (κ3) is 4.79. The Balaban J connectivity index is 1.52. The Morgan fingerprint density at radius 3 is 2.11 bits per heavy atom. The number of nitrogens with one attached hydrogen (secondary N) is 1. The fourth-order valence-corrected chi connectivity index (χ4v) is 4.87. The second-order valence-electron chi connectivity index (χ2n) is 9.67. The highest BCUT2D eigenvalue weighted by Gasteiger charge is 2.21. The van der Waals surface area contributed by atoms with Gasteiger partial charge in [0, 0.05) is 61.3 Å². The summed E-state index contributed by atoms with van der Waals surface area (Å²) in [6.07, 6.45) is 1.56. The maximum Gasteiger partial charge on any atom is 0.203 e. The molecule has 1 aliphatic rings. The van der Waals surface area contributed by atoms with Crippen molar-refractivity contribution in [3.8, 4) is 28.6 Å². The Kier molecular flexibility index (Phi) is 7.24. The van der Waals surface area contributed by atoms with Crippen molar-refractivity contribution in [1.29, 1.82) is 0 Å². The largest absolute Gasteiger partial charge is 0.493 e. The van der Waals surface area contributed by atoms with Crippen LogP contribution in [0.2, 0.25) is 0 Å². The van der Waals surface area contributed by atoms with Gasteiger partial charge in [0.15, 0.2) is 28.5 Å². The summed E-state index contributed by atoms with van der Waals surface area (Å²) in [4.78, 5) is 19.0. The maximum absolute atomic E-state index is 5.51. The van der Waals surface area contributed by atoms with E-state index in [0.29, 0.717) is 28.6 Å². The second-order valence-corrected chi connectivity index (χ2v) is 9.67. The molecule has 0 spiro atoms. The summed E-state index contributed by atoms with van der Waals surface area (Å²) in [5, 5.41) is 3.38. The number of hydrogen-bond acceptors (Lipinski definition) is 9. The average Bonchev–Trinajstić information content (AvgIpc) is 3.34. The standard InChI is InChI=1S/C28H35N7O3/c1-18(2)35-27(19-7-9-21(10-8-19)34-13-11-33(3)12-14-34)32-24-26(29-17-30-28(24)35)31-20-15-22(36-4)25(38-6)23(16-20)37-5/h7-10,15-18H,11-14H2,1-6H3,(H,29,30,31). The Hall–Kier alpha value is -4.05. The lowest BCUT2D eigenvalue weighted by atomic mass is 10.1. The van der Waals surface area contributed by atoms with E-state index in [2.05, 4.69) is 74.8 Å². The first-order chi connectivity index (χ1) is 18.4. The Morgan fingerprint density at radius 1 is 0.868 bits per heavy atom. The average molecular weight is 518 g/mol. The molecule has 0 amide bonds. The fraction of sp³-hybridized carbons (Fsp3) is 0.393. The quantitative estimate of drug-likeness (QED) is 0.360. The van der Waals surface area contributed by atoms with E-state index in [1.165, 1.54) is 5.69 Å². The lowest BCUT2D eigenvalue weighted by Gasteiger charge is -2.34. The molecular formula is C28H35N7O3. The van der Waals surface area contributed by atoms with Gasteiger partial charge in [0.1, 0.15) is 12.2 Å². The topological polar surface area (TPSA) is 89.8 Å². The molecule has 0 aliphatic carbocycles. The maximum atomic E-state index is 5.51. The van der Waals surface area contributed by atoms with E-state index in [-0.39, 0.29) is 6.04 Å². The number of benzene rings is 2. The third-order valence-electron chi connectivity index (χ3n) is 6.91. The highest BCUT2D eigenvalue weighted by Crippen LogP contribution is 2.41. The van der Waals surface area contributed by atoms with Gasteiger partial charge in [-0.1, -0.05) is 0 Å². The molecular weight excluding hydrogens is 482 g/mol. The lowest BCUT2D eigenvalue weighted by molar-refractivity contribution is 0.313. The number of likely N-dealkylation sites (N-methyl/N-ethyl adjacent to an activating group) is 1. The summed E-state index contributed by atoms with van der Waals surface area (Å²) in [7, 11) is 6.94. The summed E-state index contributed by atoms with van der Waals surface area (Å²) in [5.74, 6) is 3.08. The minimum atomic E-state index is 0.149. The number of ether oxygens (including phenoxy) is 3. The number of rotatable bonds is 8. The van der Waals surface area contributed by atoms with Crippen molar-refractivity contribution in [2.75, 3.05) is 64.8 Å². The van der Waals surface area contributed by atoms with Crippen LogP contribution in [0.3, 0.4) is 0 Å². The van der Waals surface area contributed by atoms with Crippen LogP contribution in [0.1, 0.15) is 19.9 Å². The van der Waals surface area contributed by atoms with E-state index in [9.17, 15) is 0 Å². The lowest BCUT2D eigenvalue weighted by Crippen LogP contribution is -2.44. The summed E-state index contributed by atoms with van der Waals surface area (Å²) in [6.45, 7) is 8.49. The number of methoxy groups -OCH3 is 3. The molecule has 4 aromatic rings. The van der Waals surface area contributed by atoms with Gasteiger partial charge in [-0.25, -0.2) is 15.0 Å². The minimum Gasteiger partial charge on any atom is -0.493 e. The molecule has 0 radical (unpaired) electrons. The molecule has 5 rings (SSSR count). The molecule has 10 nitrogen and oxygen atoms in total. The van der Waals surface area contributed by atoms with Crippen molar-refractivity contribution >= 4 is 28.4 Å².